The molecule has 2 heterocycles. The van der Waals surface area contributed by atoms with Gasteiger partial charge in [0.15, 0.2) is 0 Å². The van der Waals surface area contributed by atoms with Gasteiger partial charge in [-0.15, -0.1) is 11.3 Å². The number of hydrogen-bond donors (Lipinski definition) is 1. The van der Waals surface area contributed by atoms with Crippen molar-refractivity contribution in [1.29, 1.82) is 0 Å². The maximum atomic E-state index is 13.0. The second-order valence-corrected chi connectivity index (χ2v) is 5.77. The Morgan fingerprint density at radius 3 is 2.62 bits per heavy atom. The zero-order valence-electron chi connectivity index (χ0n) is 11.0. The molecule has 0 unspecified atom stereocenters. The summed E-state index contributed by atoms with van der Waals surface area (Å²) in [6, 6.07) is 6.18. The maximum Gasteiger partial charge on any atom is 0.220 e. The smallest absolute Gasteiger partial charge is 0.220 e. The van der Waals surface area contributed by atoms with Gasteiger partial charge in [0.1, 0.15) is 16.5 Å². The van der Waals surface area contributed by atoms with E-state index in [0.29, 0.717) is 10.7 Å². The highest BCUT2D eigenvalue weighted by atomic mass is 35.5. The van der Waals surface area contributed by atoms with Gasteiger partial charge in [0.2, 0.25) is 5.95 Å². The largest absolute Gasteiger partial charge is 0.368 e. The number of aromatic nitrogens is 3. The van der Waals surface area contributed by atoms with E-state index in [-0.39, 0.29) is 11.8 Å². The van der Waals surface area contributed by atoms with Crippen LogP contribution in [0, 0.1) is 12.7 Å². The highest BCUT2D eigenvalue weighted by Gasteiger charge is 2.16. The lowest BCUT2D eigenvalue weighted by Gasteiger charge is -2.01. The third-order valence-electron chi connectivity index (χ3n) is 2.87. The Hall–Kier alpha value is -2.05. The van der Waals surface area contributed by atoms with Crippen LogP contribution in [0.3, 0.4) is 0 Å². The molecule has 3 aromatic rings. The Balaban J connectivity index is 2.09. The van der Waals surface area contributed by atoms with Crippen LogP contribution in [0.2, 0.25) is 5.02 Å². The van der Waals surface area contributed by atoms with Gasteiger partial charge in [0.25, 0.3) is 0 Å². The van der Waals surface area contributed by atoms with E-state index in [0.717, 1.165) is 21.1 Å². The van der Waals surface area contributed by atoms with Gasteiger partial charge < -0.3 is 5.73 Å². The standard InChI is InChI=1S/C14H10ClFN4S/c1-7-12(11-10(15)6-18-14(17)20-11)21-13(19-7)8-2-4-9(16)5-3-8/h2-6H,1H3,(H2,17,18,20). The Morgan fingerprint density at radius 2 is 1.90 bits per heavy atom. The summed E-state index contributed by atoms with van der Waals surface area (Å²) in [6.07, 6.45) is 1.47. The summed E-state index contributed by atoms with van der Waals surface area (Å²) in [4.78, 5) is 13.3. The van der Waals surface area contributed by atoms with E-state index in [4.69, 9.17) is 17.3 Å². The predicted molar refractivity (Wildman–Crippen MR) is 82.7 cm³/mol. The molecule has 2 aromatic heterocycles. The highest BCUT2D eigenvalue weighted by molar-refractivity contribution is 7.18. The molecule has 0 aliphatic heterocycles. The minimum atomic E-state index is -0.279. The van der Waals surface area contributed by atoms with Crippen LogP contribution < -0.4 is 5.73 Å². The van der Waals surface area contributed by atoms with Crippen molar-refractivity contribution in [2.45, 2.75) is 6.92 Å². The van der Waals surface area contributed by atoms with E-state index in [9.17, 15) is 4.39 Å². The summed E-state index contributed by atoms with van der Waals surface area (Å²) in [7, 11) is 0. The average molecular weight is 321 g/mol. The molecule has 0 aliphatic carbocycles. The van der Waals surface area contributed by atoms with Crippen LogP contribution in [0.25, 0.3) is 21.1 Å². The third kappa shape index (κ3) is 2.72. The van der Waals surface area contributed by atoms with E-state index in [2.05, 4.69) is 15.0 Å². The number of hydrogen-bond acceptors (Lipinski definition) is 5. The molecule has 0 saturated heterocycles. The van der Waals surface area contributed by atoms with Crippen LogP contribution in [0.5, 0.6) is 0 Å². The zero-order valence-corrected chi connectivity index (χ0v) is 12.5. The Morgan fingerprint density at radius 1 is 1.19 bits per heavy atom. The molecule has 106 valence electrons. The van der Waals surface area contributed by atoms with Gasteiger partial charge in [-0.25, -0.2) is 19.3 Å². The van der Waals surface area contributed by atoms with Crippen molar-refractivity contribution in [2.75, 3.05) is 5.73 Å². The van der Waals surface area contributed by atoms with E-state index in [1.165, 1.54) is 29.7 Å². The SMILES string of the molecule is Cc1nc(-c2ccc(F)cc2)sc1-c1nc(N)ncc1Cl. The zero-order chi connectivity index (χ0) is 15.0. The molecule has 4 nitrogen and oxygen atoms in total. The summed E-state index contributed by atoms with van der Waals surface area (Å²) < 4.78 is 13.0. The molecule has 0 saturated carbocycles. The van der Waals surface area contributed by atoms with Crippen LogP contribution in [0.1, 0.15) is 5.69 Å². The summed E-state index contributed by atoms with van der Waals surface area (Å²) in [5, 5.41) is 1.19. The topological polar surface area (TPSA) is 64.7 Å². The minimum absolute atomic E-state index is 0.158. The molecule has 0 amide bonds. The predicted octanol–water partition coefficient (Wildman–Crippen LogP) is 3.95. The van der Waals surface area contributed by atoms with Crippen LogP contribution in [-0.4, -0.2) is 15.0 Å². The van der Waals surface area contributed by atoms with Gasteiger partial charge in [0.05, 0.1) is 21.8 Å². The maximum absolute atomic E-state index is 13.0. The minimum Gasteiger partial charge on any atom is -0.368 e. The molecule has 0 aliphatic rings. The van der Waals surface area contributed by atoms with Crippen molar-refractivity contribution < 1.29 is 4.39 Å². The number of nitrogens with zero attached hydrogens (tertiary/aromatic N) is 3. The monoisotopic (exact) mass is 320 g/mol. The van der Waals surface area contributed by atoms with Crippen LogP contribution in [0.4, 0.5) is 10.3 Å². The molecule has 21 heavy (non-hydrogen) atoms. The number of benzene rings is 1. The second kappa shape index (κ2) is 5.38. The molecule has 0 atom stereocenters. The number of anilines is 1. The van der Waals surface area contributed by atoms with Crippen molar-refractivity contribution >= 4 is 28.9 Å². The molecule has 0 radical (unpaired) electrons. The first kappa shape index (κ1) is 13.9. The first-order valence-electron chi connectivity index (χ1n) is 6.06. The number of nitrogen functional groups attached to an aromatic ring is 1. The first-order chi connectivity index (χ1) is 10.0. The summed E-state index contributed by atoms with van der Waals surface area (Å²) in [6.45, 7) is 1.87. The van der Waals surface area contributed by atoms with Crippen LogP contribution in [0.15, 0.2) is 30.5 Å². The van der Waals surface area contributed by atoms with Crippen molar-refractivity contribution in [3.8, 4) is 21.1 Å². The molecule has 7 heteroatoms. The third-order valence-corrected chi connectivity index (χ3v) is 4.36. The number of thiazole rings is 1. The quantitative estimate of drug-likeness (QED) is 0.776. The first-order valence-corrected chi connectivity index (χ1v) is 7.26. The van der Waals surface area contributed by atoms with E-state index in [1.54, 1.807) is 12.1 Å². The van der Waals surface area contributed by atoms with Gasteiger partial charge in [0, 0.05) is 5.56 Å². The molecule has 0 fully saturated rings. The van der Waals surface area contributed by atoms with Crippen LogP contribution in [-0.2, 0) is 0 Å². The fourth-order valence-electron chi connectivity index (χ4n) is 1.87. The molecule has 0 spiro atoms. The summed E-state index contributed by atoms with van der Waals surface area (Å²) in [5.41, 5.74) is 7.81. The normalized spacial score (nSPS) is 10.8. The highest BCUT2D eigenvalue weighted by Crippen LogP contribution is 2.37. The molecular formula is C14H10ClFN4S. The number of aryl methyl sites for hydroxylation is 1. The van der Waals surface area contributed by atoms with Gasteiger partial charge in [-0.05, 0) is 31.2 Å². The Kier molecular flexibility index (Phi) is 3.57. The molecule has 0 bridgehead atoms. The fraction of sp³-hybridized carbons (Fsp3) is 0.0714. The molecular weight excluding hydrogens is 311 g/mol. The lowest BCUT2D eigenvalue weighted by atomic mass is 10.2. The summed E-state index contributed by atoms with van der Waals surface area (Å²) in [5.74, 6) is -0.121. The van der Waals surface area contributed by atoms with Crippen molar-refractivity contribution in [1.82, 2.24) is 15.0 Å². The molecule has 1 aromatic carbocycles. The van der Waals surface area contributed by atoms with E-state index >= 15 is 0 Å². The van der Waals surface area contributed by atoms with Crippen molar-refractivity contribution in [3.63, 3.8) is 0 Å². The number of rotatable bonds is 2. The van der Waals surface area contributed by atoms with Crippen molar-refractivity contribution in [3.05, 3.63) is 47.0 Å². The average Bonchev–Trinajstić information content (AvgIpc) is 2.84. The fourth-order valence-corrected chi connectivity index (χ4v) is 3.19. The van der Waals surface area contributed by atoms with Crippen LogP contribution >= 0.6 is 22.9 Å². The van der Waals surface area contributed by atoms with Gasteiger partial charge in [-0.2, -0.15) is 0 Å². The number of nitrogens with two attached hydrogens (primary N) is 1. The summed E-state index contributed by atoms with van der Waals surface area (Å²) >= 11 is 7.56. The van der Waals surface area contributed by atoms with E-state index in [1.807, 2.05) is 6.92 Å². The van der Waals surface area contributed by atoms with E-state index < -0.39 is 0 Å². The second-order valence-electron chi connectivity index (χ2n) is 4.37. The van der Waals surface area contributed by atoms with Gasteiger partial charge >= 0.3 is 0 Å². The molecule has 2 N–H and O–H groups in total. The number of halogens is 2. The van der Waals surface area contributed by atoms with Gasteiger partial charge in [-0.3, -0.25) is 0 Å². The van der Waals surface area contributed by atoms with Crippen molar-refractivity contribution in [2.24, 2.45) is 0 Å². The lowest BCUT2D eigenvalue weighted by Crippen LogP contribution is -1.96. The Bertz CT molecular complexity index is 801. The van der Waals surface area contributed by atoms with Gasteiger partial charge in [-0.1, -0.05) is 11.6 Å². The Labute approximate surface area is 129 Å². The lowest BCUT2D eigenvalue weighted by molar-refractivity contribution is 0.628. The molecule has 3 rings (SSSR count).